The molecule has 64 valence electrons. The molecule has 1 N–H and O–H groups in total. The van der Waals surface area contributed by atoms with Gasteiger partial charge in [-0.05, 0) is 25.6 Å². The lowest BCUT2D eigenvalue weighted by atomic mass is 10.2. The molecule has 0 fully saturated rings. The summed E-state index contributed by atoms with van der Waals surface area (Å²) in [4.78, 5) is 4.02. The largest absolute Gasteiger partial charge is 0.314 e. The quantitative estimate of drug-likeness (QED) is 0.731. The molecule has 0 spiro atoms. The van der Waals surface area contributed by atoms with Crippen molar-refractivity contribution in [2.75, 3.05) is 7.05 Å². The van der Waals surface area contributed by atoms with Crippen LogP contribution in [-0.4, -0.2) is 18.1 Å². The number of aromatic nitrogens is 1. The minimum atomic E-state index is 0.408. The van der Waals surface area contributed by atoms with Crippen molar-refractivity contribution in [3.63, 3.8) is 0 Å². The van der Waals surface area contributed by atoms with Gasteiger partial charge in [0.2, 0.25) is 0 Å². The van der Waals surface area contributed by atoms with Crippen molar-refractivity contribution in [3.05, 3.63) is 36.2 Å². The Labute approximate surface area is 73.3 Å². The van der Waals surface area contributed by atoms with Crippen molar-refractivity contribution >= 4 is 6.08 Å². The highest BCUT2D eigenvalue weighted by Crippen LogP contribution is 1.99. The first-order valence-electron chi connectivity index (χ1n) is 4.08. The Morgan fingerprint density at radius 3 is 3.00 bits per heavy atom. The summed E-state index contributed by atoms with van der Waals surface area (Å²) in [6.45, 7) is 2.10. The van der Waals surface area contributed by atoms with Crippen LogP contribution in [0.4, 0.5) is 0 Å². The van der Waals surface area contributed by atoms with E-state index in [4.69, 9.17) is 0 Å². The van der Waals surface area contributed by atoms with E-state index in [2.05, 4.69) is 29.4 Å². The number of nitrogens with one attached hydrogen (secondary N) is 1. The third-order valence-corrected chi connectivity index (χ3v) is 1.72. The highest BCUT2D eigenvalue weighted by molar-refractivity contribution is 5.47. The summed E-state index contributed by atoms with van der Waals surface area (Å²) in [7, 11) is 1.94. The van der Waals surface area contributed by atoms with Gasteiger partial charge in [0, 0.05) is 18.4 Å². The first-order chi connectivity index (χ1) is 5.83. The number of likely N-dealkylation sites (N-methyl/N-ethyl adjacent to an activating group) is 1. The molecule has 2 heteroatoms. The second kappa shape index (κ2) is 4.67. The van der Waals surface area contributed by atoms with Gasteiger partial charge in [0.25, 0.3) is 0 Å². The van der Waals surface area contributed by atoms with E-state index >= 15 is 0 Å². The summed E-state index contributed by atoms with van der Waals surface area (Å²) >= 11 is 0. The van der Waals surface area contributed by atoms with Gasteiger partial charge >= 0.3 is 0 Å². The predicted molar refractivity (Wildman–Crippen MR) is 51.8 cm³/mol. The summed E-state index contributed by atoms with van der Waals surface area (Å²) in [5.41, 5.74) is 1.14. The Balaban J connectivity index is 2.58. The SMILES string of the molecule is CN[C@@H](C)/C=C/c1cccnc1. The van der Waals surface area contributed by atoms with Crippen LogP contribution in [-0.2, 0) is 0 Å². The average Bonchev–Trinajstić information content (AvgIpc) is 2.16. The normalized spacial score (nSPS) is 13.5. The van der Waals surface area contributed by atoms with Crippen LogP contribution < -0.4 is 5.32 Å². The molecule has 0 aliphatic carbocycles. The van der Waals surface area contributed by atoms with Crippen LogP contribution in [0.25, 0.3) is 6.08 Å². The van der Waals surface area contributed by atoms with Crippen molar-refractivity contribution in [2.24, 2.45) is 0 Å². The first kappa shape index (κ1) is 8.94. The summed E-state index contributed by atoms with van der Waals surface area (Å²) in [5.74, 6) is 0. The Kier molecular flexibility index (Phi) is 3.48. The maximum atomic E-state index is 4.02. The summed E-state index contributed by atoms with van der Waals surface area (Å²) in [5, 5.41) is 3.13. The molecular weight excluding hydrogens is 148 g/mol. The fourth-order valence-electron chi connectivity index (χ4n) is 0.826. The van der Waals surface area contributed by atoms with Crippen molar-refractivity contribution < 1.29 is 0 Å². The molecule has 1 aromatic rings. The fraction of sp³-hybridized carbons (Fsp3) is 0.300. The van der Waals surface area contributed by atoms with E-state index in [1.807, 2.05) is 25.4 Å². The Morgan fingerprint density at radius 1 is 1.58 bits per heavy atom. The van der Waals surface area contributed by atoms with E-state index in [9.17, 15) is 0 Å². The number of rotatable bonds is 3. The smallest absolute Gasteiger partial charge is 0.0340 e. The molecule has 1 rings (SSSR count). The van der Waals surface area contributed by atoms with Gasteiger partial charge in [-0.15, -0.1) is 0 Å². The molecule has 0 saturated carbocycles. The van der Waals surface area contributed by atoms with Gasteiger partial charge in [-0.3, -0.25) is 4.98 Å². The zero-order chi connectivity index (χ0) is 8.81. The van der Waals surface area contributed by atoms with E-state index in [0.29, 0.717) is 6.04 Å². The lowest BCUT2D eigenvalue weighted by Crippen LogP contribution is -2.17. The maximum Gasteiger partial charge on any atom is 0.0340 e. The third kappa shape index (κ3) is 2.84. The molecular formula is C10H14N2. The second-order valence-corrected chi connectivity index (χ2v) is 2.72. The second-order valence-electron chi connectivity index (χ2n) is 2.72. The van der Waals surface area contributed by atoms with Crippen molar-refractivity contribution in [1.29, 1.82) is 0 Å². The van der Waals surface area contributed by atoms with Gasteiger partial charge in [0.15, 0.2) is 0 Å². The maximum absolute atomic E-state index is 4.02. The van der Waals surface area contributed by atoms with Gasteiger partial charge in [-0.2, -0.15) is 0 Å². The van der Waals surface area contributed by atoms with Gasteiger partial charge in [-0.1, -0.05) is 18.2 Å². The number of hydrogen-bond acceptors (Lipinski definition) is 2. The van der Waals surface area contributed by atoms with Crippen molar-refractivity contribution in [2.45, 2.75) is 13.0 Å². The molecule has 0 aliphatic heterocycles. The van der Waals surface area contributed by atoms with Crippen LogP contribution in [0.2, 0.25) is 0 Å². The van der Waals surface area contributed by atoms with Crippen molar-refractivity contribution in [1.82, 2.24) is 10.3 Å². The Hall–Kier alpha value is -1.15. The molecule has 0 aliphatic rings. The molecule has 0 radical (unpaired) electrons. The third-order valence-electron chi connectivity index (χ3n) is 1.72. The molecule has 0 bridgehead atoms. The van der Waals surface area contributed by atoms with Crippen LogP contribution in [0, 0.1) is 0 Å². The van der Waals surface area contributed by atoms with Crippen LogP contribution in [0.1, 0.15) is 12.5 Å². The molecule has 12 heavy (non-hydrogen) atoms. The van der Waals surface area contributed by atoms with Crippen molar-refractivity contribution in [3.8, 4) is 0 Å². The van der Waals surface area contributed by atoms with Crippen LogP contribution in [0.15, 0.2) is 30.6 Å². The zero-order valence-electron chi connectivity index (χ0n) is 7.49. The Bertz CT molecular complexity index is 241. The standard InChI is InChI=1S/C10H14N2/c1-9(11-2)5-6-10-4-3-7-12-8-10/h3-9,11H,1-2H3/b6-5+/t9-/m0/s1. The van der Waals surface area contributed by atoms with Gasteiger partial charge in [0.05, 0.1) is 0 Å². The molecule has 0 amide bonds. The van der Waals surface area contributed by atoms with Crippen LogP contribution in [0.3, 0.4) is 0 Å². The van der Waals surface area contributed by atoms with E-state index in [1.54, 1.807) is 6.20 Å². The topological polar surface area (TPSA) is 24.9 Å². The lowest BCUT2D eigenvalue weighted by molar-refractivity contribution is 0.731. The van der Waals surface area contributed by atoms with E-state index < -0.39 is 0 Å². The monoisotopic (exact) mass is 162 g/mol. The summed E-state index contributed by atoms with van der Waals surface area (Å²) < 4.78 is 0. The van der Waals surface area contributed by atoms with Crippen LogP contribution in [0.5, 0.6) is 0 Å². The Morgan fingerprint density at radius 2 is 2.42 bits per heavy atom. The zero-order valence-corrected chi connectivity index (χ0v) is 7.49. The number of nitrogens with zero attached hydrogens (tertiary/aromatic N) is 1. The van der Waals surface area contributed by atoms with E-state index in [-0.39, 0.29) is 0 Å². The fourth-order valence-corrected chi connectivity index (χ4v) is 0.826. The molecule has 0 saturated heterocycles. The van der Waals surface area contributed by atoms with E-state index in [0.717, 1.165) is 5.56 Å². The molecule has 1 aromatic heterocycles. The first-order valence-corrected chi connectivity index (χ1v) is 4.08. The minimum Gasteiger partial charge on any atom is -0.314 e. The average molecular weight is 162 g/mol. The summed E-state index contributed by atoms with van der Waals surface area (Å²) in [6.07, 6.45) is 7.79. The molecule has 1 heterocycles. The molecule has 1 atom stereocenters. The highest BCUT2D eigenvalue weighted by Gasteiger charge is 1.89. The van der Waals surface area contributed by atoms with Crippen LogP contribution >= 0.6 is 0 Å². The minimum absolute atomic E-state index is 0.408. The van der Waals surface area contributed by atoms with E-state index in [1.165, 1.54) is 0 Å². The number of hydrogen-bond donors (Lipinski definition) is 1. The number of pyridine rings is 1. The molecule has 2 nitrogen and oxygen atoms in total. The lowest BCUT2D eigenvalue weighted by Gasteiger charge is -2.01. The summed E-state index contributed by atoms with van der Waals surface area (Å²) in [6, 6.07) is 4.38. The van der Waals surface area contributed by atoms with Gasteiger partial charge in [-0.25, -0.2) is 0 Å². The molecule has 0 aromatic carbocycles. The predicted octanol–water partition coefficient (Wildman–Crippen LogP) is 1.70. The van der Waals surface area contributed by atoms with Gasteiger partial charge in [0.1, 0.15) is 0 Å². The highest BCUT2D eigenvalue weighted by atomic mass is 14.8. The van der Waals surface area contributed by atoms with Gasteiger partial charge < -0.3 is 5.32 Å². The molecule has 0 unspecified atom stereocenters.